The van der Waals surface area contributed by atoms with E-state index in [9.17, 15) is 4.79 Å². The Labute approximate surface area is 126 Å². The van der Waals surface area contributed by atoms with E-state index in [2.05, 4.69) is 24.4 Å². The van der Waals surface area contributed by atoms with Gasteiger partial charge in [-0.25, -0.2) is 0 Å². The predicted octanol–water partition coefficient (Wildman–Crippen LogP) is 2.69. The van der Waals surface area contributed by atoms with Crippen molar-refractivity contribution < 1.29 is 14.3 Å². The highest BCUT2D eigenvalue weighted by Gasteiger charge is 2.37. The lowest BCUT2D eigenvalue weighted by molar-refractivity contribution is -0.160. The summed E-state index contributed by atoms with van der Waals surface area (Å²) < 4.78 is 11.0. The van der Waals surface area contributed by atoms with E-state index >= 15 is 0 Å². The molecule has 116 valence electrons. The minimum atomic E-state index is -0.463. The van der Waals surface area contributed by atoms with Gasteiger partial charge in [-0.3, -0.25) is 4.79 Å². The Morgan fingerprint density at radius 3 is 2.57 bits per heavy atom. The van der Waals surface area contributed by atoms with E-state index in [1.165, 1.54) is 5.56 Å². The lowest BCUT2D eigenvalue weighted by atomic mass is 10.0. The van der Waals surface area contributed by atoms with Crippen LogP contribution in [0.2, 0.25) is 0 Å². The van der Waals surface area contributed by atoms with Crippen LogP contribution in [0.3, 0.4) is 0 Å². The second-order valence-electron chi connectivity index (χ2n) is 6.58. The van der Waals surface area contributed by atoms with E-state index in [0.717, 1.165) is 0 Å². The third-order valence-corrected chi connectivity index (χ3v) is 3.55. The fourth-order valence-electron chi connectivity index (χ4n) is 2.49. The summed E-state index contributed by atoms with van der Waals surface area (Å²) >= 11 is 0. The maximum Gasteiger partial charge on any atom is 0.313 e. The van der Waals surface area contributed by atoms with E-state index in [4.69, 9.17) is 9.47 Å². The van der Waals surface area contributed by atoms with Crippen LogP contribution in [-0.2, 0) is 14.3 Å². The first kappa shape index (κ1) is 16.0. The molecule has 2 rings (SSSR count). The largest absolute Gasteiger partial charge is 0.460 e. The zero-order valence-electron chi connectivity index (χ0n) is 13.3. The monoisotopic (exact) mass is 291 g/mol. The average Bonchev–Trinajstić information content (AvgIpc) is 2.86. The van der Waals surface area contributed by atoms with Crippen LogP contribution in [0.25, 0.3) is 0 Å². The minimum absolute atomic E-state index is 0.00458. The van der Waals surface area contributed by atoms with E-state index < -0.39 is 5.60 Å². The molecule has 0 radical (unpaired) electrons. The molecule has 1 heterocycles. The van der Waals surface area contributed by atoms with Crippen LogP contribution in [-0.4, -0.2) is 30.8 Å². The minimum Gasteiger partial charge on any atom is -0.460 e. The van der Waals surface area contributed by atoms with Gasteiger partial charge in [0.05, 0.1) is 19.1 Å². The van der Waals surface area contributed by atoms with Crippen molar-refractivity contribution in [3.8, 4) is 0 Å². The highest BCUT2D eigenvalue weighted by molar-refractivity contribution is 5.74. The fourth-order valence-corrected chi connectivity index (χ4v) is 2.49. The van der Waals surface area contributed by atoms with Gasteiger partial charge in [0.1, 0.15) is 5.60 Å². The second-order valence-corrected chi connectivity index (χ2v) is 6.58. The number of benzene rings is 1. The number of rotatable bonds is 4. The van der Waals surface area contributed by atoms with Crippen molar-refractivity contribution in [3.05, 3.63) is 35.9 Å². The molecule has 0 aliphatic carbocycles. The third-order valence-electron chi connectivity index (χ3n) is 3.55. The van der Waals surface area contributed by atoms with Gasteiger partial charge in [0.2, 0.25) is 0 Å². The molecular formula is C17H25NO3. The Kier molecular flexibility index (Phi) is 5.01. The molecule has 1 aromatic carbocycles. The Bertz CT molecular complexity index is 467. The molecule has 1 aromatic rings. The summed E-state index contributed by atoms with van der Waals surface area (Å²) in [5, 5.41) is 3.49. The van der Waals surface area contributed by atoms with E-state index in [1.807, 2.05) is 39.0 Å². The third kappa shape index (κ3) is 4.55. The van der Waals surface area contributed by atoms with Crippen LogP contribution in [0.1, 0.15) is 39.3 Å². The zero-order chi connectivity index (χ0) is 15.5. The van der Waals surface area contributed by atoms with E-state index in [1.54, 1.807) is 0 Å². The summed E-state index contributed by atoms with van der Waals surface area (Å²) in [5.74, 6) is -0.423. The first-order chi connectivity index (χ1) is 9.87. The molecule has 1 aliphatic heterocycles. The maximum atomic E-state index is 12.2. The number of ether oxygens (including phenoxy) is 2. The van der Waals surface area contributed by atoms with Crippen LogP contribution < -0.4 is 5.32 Å². The van der Waals surface area contributed by atoms with Gasteiger partial charge in [0.15, 0.2) is 0 Å². The van der Waals surface area contributed by atoms with Crippen molar-refractivity contribution in [2.75, 3.05) is 13.2 Å². The van der Waals surface area contributed by atoms with Gasteiger partial charge in [-0.2, -0.15) is 0 Å². The molecule has 1 fully saturated rings. The van der Waals surface area contributed by atoms with Crippen LogP contribution in [0.5, 0.6) is 0 Å². The standard InChI is InChI=1S/C17H25NO3/c1-12(13-8-6-5-7-9-13)18-15-11-20-10-14(15)16(19)21-17(2,3)4/h5-9,12,14-15,18H,10-11H2,1-4H3/t12-,14-,15-/m0/s1. The first-order valence-corrected chi connectivity index (χ1v) is 7.48. The van der Waals surface area contributed by atoms with Gasteiger partial charge in [-0.05, 0) is 33.3 Å². The average molecular weight is 291 g/mol. The summed E-state index contributed by atoms with van der Waals surface area (Å²) in [4.78, 5) is 12.2. The fraction of sp³-hybridized carbons (Fsp3) is 0.588. The smallest absolute Gasteiger partial charge is 0.313 e. The highest BCUT2D eigenvalue weighted by Crippen LogP contribution is 2.22. The van der Waals surface area contributed by atoms with Gasteiger partial charge in [-0.15, -0.1) is 0 Å². The molecule has 3 atom stereocenters. The zero-order valence-corrected chi connectivity index (χ0v) is 13.3. The molecule has 4 nitrogen and oxygen atoms in total. The van der Waals surface area contributed by atoms with Gasteiger partial charge in [0.25, 0.3) is 0 Å². The predicted molar refractivity (Wildman–Crippen MR) is 81.9 cm³/mol. The van der Waals surface area contributed by atoms with Crippen LogP contribution in [0.15, 0.2) is 30.3 Å². The molecule has 1 N–H and O–H groups in total. The molecule has 0 aromatic heterocycles. The number of carbonyl (C=O) groups excluding carboxylic acids is 1. The molecule has 0 amide bonds. The normalized spacial score (nSPS) is 23.8. The summed E-state index contributed by atoms with van der Waals surface area (Å²) in [6.45, 7) is 8.72. The number of hydrogen-bond acceptors (Lipinski definition) is 4. The van der Waals surface area contributed by atoms with Crippen LogP contribution in [0.4, 0.5) is 0 Å². The Morgan fingerprint density at radius 1 is 1.29 bits per heavy atom. The quantitative estimate of drug-likeness (QED) is 0.867. The number of nitrogens with one attached hydrogen (secondary N) is 1. The molecule has 1 saturated heterocycles. The summed E-state index contributed by atoms with van der Waals surface area (Å²) in [6, 6.07) is 10.4. The highest BCUT2D eigenvalue weighted by atomic mass is 16.6. The van der Waals surface area contributed by atoms with Gasteiger partial charge < -0.3 is 14.8 Å². The number of carbonyl (C=O) groups is 1. The Hall–Kier alpha value is -1.39. The summed E-state index contributed by atoms with van der Waals surface area (Å²) in [6.07, 6.45) is 0. The SMILES string of the molecule is C[C@H](N[C@H]1COC[C@@H]1C(=O)OC(C)(C)C)c1ccccc1. The van der Waals surface area contributed by atoms with Crippen molar-refractivity contribution >= 4 is 5.97 Å². The molecule has 0 bridgehead atoms. The van der Waals surface area contributed by atoms with Crippen LogP contribution in [0, 0.1) is 5.92 Å². The Balaban J connectivity index is 1.97. The maximum absolute atomic E-state index is 12.2. The Morgan fingerprint density at radius 2 is 1.95 bits per heavy atom. The number of hydrogen-bond donors (Lipinski definition) is 1. The molecule has 1 aliphatic rings. The van der Waals surface area contributed by atoms with Crippen molar-refractivity contribution in [2.24, 2.45) is 5.92 Å². The van der Waals surface area contributed by atoms with Crippen molar-refractivity contribution in [1.29, 1.82) is 0 Å². The van der Waals surface area contributed by atoms with Gasteiger partial charge in [0, 0.05) is 12.1 Å². The van der Waals surface area contributed by atoms with Gasteiger partial charge >= 0.3 is 5.97 Å². The van der Waals surface area contributed by atoms with E-state index in [-0.39, 0.29) is 24.0 Å². The molecule has 21 heavy (non-hydrogen) atoms. The second kappa shape index (κ2) is 6.58. The van der Waals surface area contributed by atoms with Gasteiger partial charge in [-0.1, -0.05) is 30.3 Å². The lowest BCUT2D eigenvalue weighted by Crippen LogP contribution is -2.42. The van der Waals surface area contributed by atoms with Crippen LogP contribution >= 0.6 is 0 Å². The molecule has 4 heteroatoms. The van der Waals surface area contributed by atoms with E-state index in [0.29, 0.717) is 13.2 Å². The van der Waals surface area contributed by atoms with Crippen molar-refractivity contribution in [1.82, 2.24) is 5.32 Å². The van der Waals surface area contributed by atoms with Crippen molar-refractivity contribution in [2.45, 2.75) is 45.4 Å². The molecule has 0 unspecified atom stereocenters. The van der Waals surface area contributed by atoms with Crippen molar-refractivity contribution in [3.63, 3.8) is 0 Å². The topological polar surface area (TPSA) is 47.6 Å². The molecular weight excluding hydrogens is 266 g/mol. The summed E-state index contributed by atoms with van der Waals surface area (Å²) in [7, 11) is 0. The molecule has 0 spiro atoms. The number of esters is 1. The first-order valence-electron chi connectivity index (χ1n) is 7.48. The molecule has 0 saturated carbocycles. The lowest BCUT2D eigenvalue weighted by Gasteiger charge is -2.26. The summed E-state index contributed by atoms with van der Waals surface area (Å²) in [5.41, 5.74) is 0.738.